The third kappa shape index (κ3) is 4.38. The molecule has 5 nitrogen and oxygen atoms in total. The molecule has 1 aliphatic rings. The molecule has 2 aromatic carbocycles. The number of nitrogens with zero attached hydrogens (tertiary/aromatic N) is 2. The summed E-state index contributed by atoms with van der Waals surface area (Å²) in [6, 6.07) is 19.4. The molecule has 28 heavy (non-hydrogen) atoms. The second-order valence-electron chi connectivity index (χ2n) is 7.49. The Balaban J connectivity index is 1.40. The van der Waals surface area contributed by atoms with Crippen LogP contribution in [0, 0.1) is 0 Å². The zero-order chi connectivity index (χ0) is 19.5. The SMILES string of the molecule is C[C@H]1CN(Cc2ccc(C(=O)Nc3ccc4ccccc4n3)cc2)C[C@H](C)O1. The molecule has 4 rings (SSSR count). The summed E-state index contributed by atoms with van der Waals surface area (Å²) in [5.41, 5.74) is 2.69. The lowest BCUT2D eigenvalue weighted by Gasteiger charge is -2.35. The highest BCUT2D eigenvalue weighted by Crippen LogP contribution is 2.17. The van der Waals surface area contributed by atoms with Crippen LogP contribution in [0.25, 0.3) is 10.9 Å². The van der Waals surface area contributed by atoms with E-state index in [2.05, 4.69) is 29.0 Å². The Bertz CT molecular complexity index is 961. The molecule has 2 atom stereocenters. The van der Waals surface area contributed by atoms with Crippen LogP contribution >= 0.6 is 0 Å². The van der Waals surface area contributed by atoms with Crippen LogP contribution in [-0.4, -0.2) is 41.1 Å². The summed E-state index contributed by atoms with van der Waals surface area (Å²) in [5, 5.41) is 3.94. The number of aromatic nitrogens is 1. The van der Waals surface area contributed by atoms with Gasteiger partial charge in [0.05, 0.1) is 17.7 Å². The first-order valence-corrected chi connectivity index (χ1v) is 9.71. The van der Waals surface area contributed by atoms with Gasteiger partial charge in [-0.2, -0.15) is 0 Å². The molecule has 0 radical (unpaired) electrons. The van der Waals surface area contributed by atoms with Gasteiger partial charge >= 0.3 is 0 Å². The molecule has 0 aliphatic carbocycles. The summed E-state index contributed by atoms with van der Waals surface area (Å²) in [5.74, 6) is 0.409. The molecule has 1 amide bonds. The van der Waals surface area contributed by atoms with Gasteiger partial charge in [-0.25, -0.2) is 4.98 Å². The summed E-state index contributed by atoms with van der Waals surface area (Å²) >= 11 is 0. The van der Waals surface area contributed by atoms with E-state index in [0.717, 1.165) is 30.5 Å². The van der Waals surface area contributed by atoms with Crippen molar-refractivity contribution >= 4 is 22.6 Å². The maximum Gasteiger partial charge on any atom is 0.256 e. The first kappa shape index (κ1) is 18.6. The first-order chi connectivity index (χ1) is 13.6. The smallest absolute Gasteiger partial charge is 0.256 e. The number of amides is 1. The minimum atomic E-state index is -0.150. The van der Waals surface area contributed by atoms with Crippen molar-refractivity contribution < 1.29 is 9.53 Å². The van der Waals surface area contributed by atoms with Crippen LogP contribution in [0.1, 0.15) is 29.8 Å². The molecule has 1 aromatic heterocycles. The van der Waals surface area contributed by atoms with Crippen LogP contribution < -0.4 is 5.32 Å². The van der Waals surface area contributed by atoms with E-state index in [4.69, 9.17) is 4.74 Å². The Hall–Kier alpha value is -2.76. The van der Waals surface area contributed by atoms with Crippen LogP contribution in [0.4, 0.5) is 5.82 Å². The van der Waals surface area contributed by atoms with E-state index >= 15 is 0 Å². The predicted molar refractivity (Wildman–Crippen MR) is 111 cm³/mol. The Morgan fingerprint density at radius 3 is 2.50 bits per heavy atom. The van der Waals surface area contributed by atoms with Gasteiger partial charge in [0.15, 0.2) is 0 Å². The topological polar surface area (TPSA) is 54.5 Å². The summed E-state index contributed by atoms with van der Waals surface area (Å²) in [7, 11) is 0. The minimum Gasteiger partial charge on any atom is -0.373 e. The number of benzene rings is 2. The second-order valence-corrected chi connectivity index (χ2v) is 7.49. The second kappa shape index (κ2) is 8.09. The molecule has 144 valence electrons. The standard InChI is InChI=1S/C23H25N3O2/c1-16-13-26(14-17(2)28-16)15-18-7-9-20(10-8-18)23(27)25-22-12-11-19-5-3-4-6-21(19)24-22/h3-12,16-17H,13-15H2,1-2H3,(H,24,25,27)/t16-,17-/m0/s1. The van der Waals surface area contributed by atoms with Crippen LogP contribution in [-0.2, 0) is 11.3 Å². The zero-order valence-electron chi connectivity index (χ0n) is 16.3. The molecule has 0 unspecified atom stereocenters. The highest BCUT2D eigenvalue weighted by Gasteiger charge is 2.22. The van der Waals surface area contributed by atoms with Gasteiger partial charge in [-0.1, -0.05) is 30.3 Å². The number of rotatable bonds is 4. The molecule has 3 aromatic rings. The summed E-state index contributed by atoms with van der Waals surface area (Å²) in [6.45, 7) is 6.94. The summed E-state index contributed by atoms with van der Waals surface area (Å²) in [4.78, 5) is 19.5. The van der Waals surface area contributed by atoms with Gasteiger partial charge in [0.2, 0.25) is 0 Å². The quantitative estimate of drug-likeness (QED) is 0.746. The Morgan fingerprint density at radius 1 is 1.04 bits per heavy atom. The number of pyridine rings is 1. The maximum absolute atomic E-state index is 12.6. The highest BCUT2D eigenvalue weighted by atomic mass is 16.5. The molecule has 1 saturated heterocycles. The van der Waals surface area contributed by atoms with Crippen molar-refractivity contribution in [3.8, 4) is 0 Å². The van der Waals surface area contributed by atoms with Crippen molar-refractivity contribution in [1.29, 1.82) is 0 Å². The van der Waals surface area contributed by atoms with Gasteiger partial charge in [-0.05, 0) is 49.7 Å². The van der Waals surface area contributed by atoms with E-state index in [0.29, 0.717) is 11.4 Å². The van der Waals surface area contributed by atoms with Gasteiger partial charge in [0.1, 0.15) is 5.82 Å². The lowest BCUT2D eigenvalue weighted by atomic mass is 10.1. The van der Waals surface area contributed by atoms with Gasteiger partial charge in [-0.15, -0.1) is 0 Å². The van der Waals surface area contributed by atoms with E-state index < -0.39 is 0 Å². The van der Waals surface area contributed by atoms with Crippen molar-refractivity contribution in [2.45, 2.75) is 32.6 Å². The number of hydrogen-bond acceptors (Lipinski definition) is 4. The molecular weight excluding hydrogens is 350 g/mol. The largest absolute Gasteiger partial charge is 0.373 e. The van der Waals surface area contributed by atoms with Gasteiger partial charge in [0.25, 0.3) is 5.91 Å². The number of morpholine rings is 1. The fraction of sp³-hybridized carbons (Fsp3) is 0.304. The Kier molecular flexibility index (Phi) is 5.37. The molecule has 2 heterocycles. The van der Waals surface area contributed by atoms with E-state index in [9.17, 15) is 4.79 Å². The zero-order valence-corrected chi connectivity index (χ0v) is 16.3. The van der Waals surface area contributed by atoms with Crippen LogP contribution in [0.15, 0.2) is 60.7 Å². The highest BCUT2D eigenvalue weighted by molar-refractivity contribution is 6.04. The van der Waals surface area contributed by atoms with Gasteiger partial charge < -0.3 is 10.1 Å². The maximum atomic E-state index is 12.6. The lowest BCUT2D eigenvalue weighted by molar-refractivity contribution is -0.0704. The molecule has 1 aliphatic heterocycles. The van der Waals surface area contributed by atoms with Crippen LogP contribution in [0.2, 0.25) is 0 Å². The van der Waals surface area contributed by atoms with Crippen LogP contribution in [0.5, 0.6) is 0 Å². The fourth-order valence-corrected chi connectivity index (χ4v) is 3.76. The predicted octanol–water partition coefficient (Wildman–Crippen LogP) is 4.10. The van der Waals surface area contributed by atoms with E-state index in [1.807, 2.05) is 60.7 Å². The number of hydrogen-bond donors (Lipinski definition) is 1. The average molecular weight is 375 g/mol. The van der Waals surface area contributed by atoms with Gasteiger partial charge in [0, 0.05) is 30.6 Å². The minimum absolute atomic E-state index is 0.150. The van der Waals surface area contributed by atoms with E-state index in [-0.39, 0.29) is 18.1 Å². The molecule has 1 N–H and O–H groups in total. The third-order valence-electron chi connectivity index (χ3n) is 4.96. The van der Waals surface area contributed by atoms with Crippen molar-refractivity contribution in [3.63, 3.8) is 0 Å². The Labute approximate surface area is 165 Å². The molecular formula is C23H25N3O2. The first-order valence-electron chi connectivity index (χ1n) is 9.71. The van der Waals surface area contributed by atoms with Crippen molar-refractivity contribution in [3.05, 3.63) is 71.8 Å². The number of carbonyl (C=O) groups excluding carboxylic acids is 1. The van der Waals surface area contributed by atoms with Crippen molar-refractivity contribution in [2.75, 3.05) is 18.4 Å². The number of para-hydroxylation sites is 1. The van der Waals surface area contributed by atoms with Gasteiger partial charge in [-0.3, -0.25) is 9.69 Å². The third-order valence-corrected chi connectivity index (χ3v) is 4.96. The normalized spacial score (nSPS) is 20.2. The number of nitrogens with one attached hydrogen (secondary N) is 1. The fourth-order valence-electron chi connectivity index (χ4n) is 3.76. The average Bonchev–Trinajstić information content (AvgIpc) is 2.67. The van der Waals surface area contributed by atoms with Crippen molar-refractivity contribution in [2.24, 2.45) is 0 Å². The molecule has 0 saturated carbocycles. The van der Waals surface area contributed by atoms with E-state index in [1.54, 1.807) is 0 Å². The number of carbonyl (C=O) groups is 1. The molecule has 5 heteroatoms. The number of fused-ring (bicyclic) bond motifs is 1. The molecule has 0 spiro atoms. The van der Waals surface area contributed by atoms with Crippen molar-refractivity contribution in [1.82, 2.24) is 9.88 Å². The van der Waals surface area contributed by atoms with Crippen LogP contribution in [0.3, 0.4) is 0 Å². The number of ether oxygens (including phenoxy) is 1. The molecule has 0 bridgehead atoms. The Morgan fingerprint density at radius 2 is 1.75 bits per heavy atom. The summed E-state index contributed by atoms with van der Waals surface area (Å²) in [6.07, 6.45) is 0.506. The van der Waals surface area contributed by atoms with E-state index in [1.165, 1.54) is 5.56 Å². The lowest BCUT2D eigenvalue weighted by Crippen LogP contribution is -2.44. The number of anilines is 1. The molecule has 1 fully saturated rings. The summed E-state index contributed by atoms with van der Waals surface area (Å²) < 4.78 is 5.79. The monoisotopic (exact) mass is 375 g/mol.